The van der Waals surface area contributed by atoms with Gasteiger partial charge in [-0.3, -0.25) is 19.5 Å². The number of aryl methyl sites for hydroxylation is 1. The Kier molecular flexibility index (Phi) is 5.24. The molecule has 1 heterocycles. The second kappa shape index (κ2) is 7.40. The quantitative estimate of drug-likeness (QED) is 0.329. The average Bonchev–Trinajstić information content (AvgIpc) is 2.57. The van der Waals surface area contributed by atoms with Crippen molar-refractivity contribution in [2.75, 3.05) is 4.90 Å². The second-order valence-electron chi connectivity index (χ2n) is 5.54. The molecule has 3 rings (SSSR count). The normalized spacial score (nSPS) is 17.9. The van der Waals surface area contributed by atoms with Crippen LogP contribution in [0.4, 0.5) is 11.4 Å². The van der Waals surface area contributed by atoms with E-state index in [2.05, 4.69) is 32.9 Å². The molecule has 0 radical (unpaired) electrons. The van der Waals surface area contributed by atoms with Crippen molar-refractivity contribution in [1.29, 1.82) is 0 Å². The smallest absolute Gasteiger partial charge is 0.251 e. The summed E-state index contributed by atoms with van der Waals surface area (Å²) in [6.45, 7) is 1.96. The van der Waals surface area contributed by atoms with Gasteiger partial charge in [-0.2, -0.15) is 0 Å². The van der Waals surface area contributed by atoms with Gasteiger partial charge < -0.3 is 5.32 Å². The fourth-order valence-corrected chi connectivity index (χ4v) is 3.00. The number of benzene rings is 2. The summed E-state index contributed by atoms with van der Waals surface area (Å²) in [7, 11) is 0. The van der Waals surface area contributed by atoms with Crippen LogP contribution in [0.2, 0.25) is 0 Å². The topological polar surface area (TPSA) is 61.8 Å². The Morgan fingerprint density at radius 3 is 2.40 bits per heavy atom. The summed E-state index contributed by atoms with van der Waals surface area (Å²) in [5, 5.41) is 2.65. The molecule has 126 valence electrons. The van der Waals surface area contributed by atoms with Gasteiger partial charge in [0.2, 0.25) is 5.91 Å². The van der Waals surface area contributed by atoms with Crippen LogP contribution in [0.5, 0.6) is 0 Å². The Morgan fingerprint density at radius 1 is 1.12 bits per heavy atom. The molecule has 1 aliphatic rings. The molecule has 1 atom stereocenters. The van der Waals surface area contributed by atoms with E-state index in [1.165, 1.54) is 11.1 Å². The van der Waals surface area contributed by atoms with E-state index in [-0.39, 0.29) is 5.11 Å². The van der Waals surface area contributed by atoms with Crippen LogP contribution in [0.3, 0.4) is 0 Å². The summed E-state index contributed by atoms with van der Waals surface area (Å²) in [5.41, 5.74) is 2.37. The Labute approximate surface area is 164 Å². The maximum Gasteiger partial charge on any atom is 0.251 e. The largest absolute Gasteiger partial charge is 0.301 e. The average molecular weight is 463 g/mol. The van der Waals surface area contributed by atoms with Gasteiger partial charge in [-0.1, -0.05) is 17.7 Å². The lowest BCUT2D eigenvalue weighted by atomic mass is 10.1. The van der Waals surface area contributed by atoms with Crippen LogP contribution < -0.4 is 10.2 Å². The first-order chi connectivity index (χ1) is 12.0. The van der Waals surface area contributed by atoms with Crippen molar-refractivity contribution in [2.24, 2.45) is 10.9 Å². The molecular formula is C18H14IN3O2S. The first-order valence-electron chi connectivity index (χ1n) is 7.51. The predicted molar refractivity (Wildman–Crippen MR) is 110 cm³/mol. The molecular weight excluding hydrogens is 449 g/mol. The molecule has 1 aliphatic heterocycles. The van der Waals surface area contributed by atoms with Crippen molar-refractivity contribution in [2.45, 2.75) is 6.92 Å². The molecule has 1 N–H and O–H groups in total. The monoisotopic (exact) mass is 463 g/mol. The predicted octanol–water partition coefficient (Wildman–Crippen LogP) is 3.37. The zero-order valence-electron chi connectivity index (χ0n) is 13.3. The molecule has 0 unspecified atom stereocenters. The van der Waals surface area contributed by atoms with Crippen molar-refractivity contribution in [3.05, 3.63) is 57.7 Å². The standard InChI is InChI=1S/C18H14IN3O2S/c1-11-2-8-14(9-3-11)22-17(24)15(16(23)21-18(22)25)10-20-13-6-4-12(19)5-7-13/h2-10,15H,1H3,(H,21,23,25)/t15-/m1/s1. The lowest BCUT2D eigenvalue weighted by Crippen LogP contribution is -2.58. The van der Waals surface area contributed by atoms with Crippen molar-refractivity contribution in [3.8, 4) is 0 Å². The van der Waals surface area contributed by atoms with E-state index in [0.717, 1.165) is 9.13 Å². The lowest BCUT2D eigenvalue weighted by molar-refractivity contribution is -0.130. The van der Waals surface area contributed by atoms with E-state index in [1.54, 1.807) is 12.1 Å². The second-order valence-corrected chi connectivity index (χ2v) is 7.17. The van der Waals surface area contributed by atoms with E-state index in [0.29, 0.717) is 11.4 Å². The fraction of sp³-hybridized carbons (Fsp3) is 0.111. The minimum absolute atomic E-state index is 0.0813. The Hall–Kier alpha value is -2.13. The third-order valence-electron chi connectivity index (χ3n) is 3.69. The van der Waals surface area contributed by atoms with E-state index in [9.17, 15) is 9.59 Å². The molecule has 0 aromatic heterocycles. The van der Waals surface area contributed by atoms with Gasteiger partial charge in [-0.25, -0.2) is 0 Å². The van der Waals surface area contributed by atoms with Gasteiger partial charge in [0, 0.05) is 9.78 Å². The number of carbonyl (C=O) groups is 2. The molecule has 0 bridgehead atoms. The van der Waals surface area contributed by atoms with Gasteiger partial charge >= 0.3 is 0 Å². The van der Waals surface area contributed by atoms with E-state index >= 15 is 0 Å². The molecule has 2 aromatic rings. The highest BCUT2D eigenvalue weighted by Crippen LogP contribution is 2.21. The van der Waals surface area contributed by atoms with Gasteiger partial charge in [0.25, 0.3) is 5.91 Å². The van der Waals surface area contributed by atoms with Crippen LogP contribution in [0.15, 0.2) is 53.5 Å². The number of hydrogen-bond donors (Lipinski definition) is 1. The van der Waals surface area contributed by atoms with Crippen molar-refractivity contribution < 1.29 is 9.59 Å². The summed E-state index contributed by atoms with van der Waals surface area (Å²) in [6.07, 6.45) is 1.36. The number of nitrogens with zero attached hydrogens (tertiary/aromatic N) is 2. The van der Waals surface area contributed by atoms with Crippen LogP contribution in [0.25, 0.3) is 0 Å². The van der Waals surface area contributed by atoms with E-state index < -0.39 is 17.7 Å². The summed E-state index contributed by atoms with van der Waals surface area (Å²) in [6, 6.07) is 14.8. The van der Waals surface area contributed by atoms with Crippen LogP contribution in [-0.2, 0) is 9.59 Å². The Morgan fingerprint density at radius 2 is 1.76 bits per heavy atom. The molecule has 25 heavy (non-hydrogen) atoms. The van der Waals surface area contributed by atoms with Gasteiger partial charge in [-0.05, 0) is 78.1 Å². The summed E-state index contributed by atoms with van der Waals surface area (Å²) < 4.78 is 1.08. The number of aliphatic imine (C=N–C) groups is 1. The lowest BCUT2D eigenvalue weighted by Gasteiger charge is -2.30. The Balaban J connectivity index is 1.87. The number of halogens is 1. The van der Waals surface area contributed by atoms with E-state index in [4.69, 9.17) is 12.2 Å². The number of carbonyl (C=O) groups excluding carboxylic acids is 2. The number of thiocarbonyl (C=S) groups is 1. The summed E-state index contributed by atoms with van der Waals surface area (Å²) in [4.78, 5) is 30.6. The molecule has 2 amide bonds. The highest BCUT2D eigenvalue weighted by atomic mass is 127. The SMILES string of the molecule is Cc1ccc(N2C(=O)[C@H](C=Nc3ccc(I)cc3)C(=O)NC2=S)cc1. The molecule has 7 heteroatoms. The van der Waals surface area contributed by atoms with Crippen LogP contribution in [-0.4, -0.2) is 23.1 Å². The van der Waals surface area contributed by atoms with Crippen molar-refractivity contribution in [3.63, 3.8) is 0 Å². The Bertz CT molecular complexity index is 863. The molecule has 1 saturated heterocycles. The number of nitrogens with one attached hydrogen (secondary N) is 1. The maximum atomic E-state index is 12.8. The fourth-order valence-electron chi connectivity index (χ4n) is 2.35. The van der Waals surface area contributed by atoms with Crippen LogP contribution in [0.1, 0.15) is 5.56 Å². The van der Waals surface area contributed by atoms with Gasteiger partial charge in [0.1, 0.15) is 0 Å². The summed E-state index contributed by atoms with van der Waals surface area (Å²) >= 11 is 7.37. The molecule has 0 aliphatic carbocycles. The molecule has 0 spiro atoms. The van der Waals surface area contributed by atoms with Gasteiger partial charge in [0.15, 0.2) is 11.0 Å². The van der Waals surface area contributed by atoms with Crippen LogP contribution in [0, 0.1) is 16.4 Å². The van der Waals surface area contributed by atoms with Gasteiger partial charge in [0.05, 0.1) is 11.4 Å². The molecule has 0 saturated carbocycles. The third kappa shape index (κ3) is 3.93. The van der Waals surface area contributed by atoms with Crippen LogP contribution >= 0.6 is 34.8 Å². The first-order valence-corrected chi connectivity index (χ1v) is 8.99. The highest BCUT2D eigenvalue weighted by Gasteiger charge is 2.38. The number of amides is 2. The summed E-state index contributed by atoms with van der Waals surface area (Å²) in [5.74, 6) is -1.90. The first kappa shape index (κ1) is 17.7. The third-order valence-corrected chi connectivity index (χ3v) is 4.70. The minimum atomic E-state index is -1.02. The van der Waals surface area contributed by atoms with Crippen molar-refractivity contribution in [1.82, 2.24) is 5.32 Å². The molecule has 5 nitrogen and oxygen atoms in total. The van der Waals surface area contributed by atoms with Crippen molar-refractivity contribution >= 4 is 69.3 Å². The zero-order chi connectivity index (χ0) is 18.0. The van der Waals surface area contributed by atoms with Gasteiger partial charge in [-0.15, -0.1) is 0 Å². The zero-order valence-corrected chi connectivity index (χ0v) is 16.2. The minimum Gasteiger partial charge on any atom is -0.301 e. The number of anilines is 1. The molecule has 1 fully saturated rings. The van der Waals surface area contributed by atoms with E-state index in [1.807, 2.05) is 43.3 Å². The number of rotatable bonds is 3. The number of hydrogen-bond acceptors (Lipinski definition) is 4. The highest BCUT2D eigenvalue weighted by molar-refractivity contribution is 14.1. The maximum absolute atomic E-state index is 12.8. The molecule has 2 aromatic carbocycles.